The third kappa shape index (κ3) is 5.07. The van der Waals surface area contributed by atoms with Crippen LogP contribution in [0.25, 0.3) is 0 Å². The molecule has 172 valence electrons. The number of methoxy groups -OCH3 is 1. The number of hydrogen-bond acceptors (Lipinski definition) is 6. The minimum absolute atomic E-state index is 0.0701. The SMILES string of the molecule is COc1ccccc1OC(C)C(=O)Nc1sc2c(c1C(=O)NCC1CCCO1)CCCC2. The van der Waals surface area contributed by atoms with Crippen molar-refractivity contribution >= 4 is 28.2 Å². The number of ether oxygens (including phenoxy) is 3. The molecule has 0 radical (unpaired) electrons. The van der Waals surface area contributed by atoms with Crippen LogP contribution in [0, 0.1) is 0 Å². The standard InChI is InChI=1S/C24H30N2O5S/c1-15(31-19-11-5-4-10-18(19)29-2)22(27)26-24-21(17-9-3-6-12-20(17)32-24)23(28)25-14-16-8-7-13-30-16/h4-5,10-11,15-16H,3,6-9,12-14H2,1-2H3,(H,25,28)(H,26,27). The Morgan fingerprint density at radius 1 is 1.19 bits per heavy atom. The average molecular weight is 459 g/mol. The van der Waals surface area contributed by atoms with E-state index in [-0.39, 0.29) is 17.9 Å². The molecular formula is C24H30N2O5S. The number of benzene rings is 1. The molecule has 1 aromatic carbocycles. The first-order valence-electron chi connectivity index (χ1n) is 11.2. The van der Waals surface area contributed by atoms with Crippen molar-refractivity contribution in [2.75, 3.05) is 25.6 Å². The van der Waals surface area contributed by atoms with E-state index in [1.807, 2.05) is 12.1 Å². The van der Waals surface area contributed by atoms with Gasteiger partial charge in [0.15, 0.2) is 17.6 Å². The summed E-state index contributed by atoms with van der Waals surface area (Å²) in [4.78, 5) is 27.3. The highest BCUT2D eigenvalue weighted by Gasteiger charge is 2.28. The maximum absolute atomic E-state index is 13.1. The van der Waals surface area contributed by atoms with Crippen molar-refractivity contribution in [2.24, 2.45) is 0 Å². The highest BCUT2D eigenvalue weighted by atomic mass is 32.1. The molecule has 8 heteroatoms. The number of carbonyl (C=O) groups excluding carboxylic acids is 2. The quantitative estimate of drug-likeness (QED) is 0.626. The van der Waals surface area contributed by atoms with Crippen molar-refractivity contribution in [3.05, 3.63) is 40.3 Å². The van der Waals surface area contributed by atoms with Crippen LogP contribution in [0.3, 0.4) is 0 Å². The molecule has 2 atom stereocenters. The lowest BCUT2D eigenvalue weighted by Gasteiger charge is -2.17. The molecule has 1 aliphatic carbocycles. The van der Waals surface area contributed by atoms with Gasteiger partial charge in [0.25, 0.3) is 11.8 Å². The van der Waals surface area contributed by atoms with Gasteiger partial charge in [-0.25, -0.2) is 0 Å². The maximum atomic E-state index is 13.1. The summed E-state index contributed by atoms with van der Waals surface area (Å²) < 4.78 is 16.8. The van der Waals surface area contributed by atoms with Gasteiger partial charge >= 0.3 is 0 Å². The van der Waals surface area contributed by atoms with Crippen molar-refractivity contribution < 1.29 is 23.8 Å². The molecule has 4 rings (SSSR count). The van der Waals surface area contributed by atoms with Crippen LogP contribution in [0.15, 0.2) is 24.3 Å². The summed E-state index contributed by atoms with van der Waals surface area (Å²) in [7, 11) is 1.56. The van der Waals surface area contributed by atoms with Crippen LogP contribution >= 0.6 is 11.3 Å². The minimum Gasteiger partial charge on any atom is -0.493 e. The summed E-state index contributed by atoms with van der Waals surface area (Å²) in [5, 5.41) is 6.57. The van der Waals surface area contributed by atoms with E-state index in [0.29, 0.717) is 28.6 Å². The summed E-state index contributed by atoms with van der Waals surface area (Å²) in [6.45, 7) is 2.93. The van der Waals surface area contributed by atoms with Gasteiger partial charge in [0.05, 0.1) is 18.8 Å². The second-order valence-corrected chi connectivity index (χ2v) is 9.27. The Labute approximate surface area is 192 Å². The Bertz CT molecular complexity index is 967. The van der Waals surface area contributed by atoms with E-state index in [4.69, 9.17) is 14.2 Å². The molecule has 2 heterocycles. The Morgan fingerprint density at radius 2 is 1.97 bits per heavy atom. The van der Waals surface area contributed by atoms with Crippen LogP contribution in [0.2, 0.25) is 0 Å². The van der Waals surface area contributed by atoms with Crippen LogP contribution in [-0.4, -0.2) is 44.3 Å². The molecule has 2 N–H and O–H groups in total. The predicted molar refractivity (Wildman–Crippen MR) is 124 cm³/mol. The molecule has 2 unspecified atom stereocenters. The van der Waals surface area contributed by atoms with Gasteiger partial charge in [-0.1, -0.05) is 12.1 Å². The van der Waals surface area contributed by atoms with E-state index in [2.05, 4.69) is 10.6 Å². The lowest BCUT2D eigenvalue weighted by molar-refractivity contribution is -0.122. The molecular weight excluding hydrogens is 428 g/mol. The second kappa shape index (κ2) is 10.4. The second-order valence-electron chi connectivity index (χ2n) is 8.16. The highest BCUT2D eigenvalue weighted by Crippen LogP contribution is 2.38. The molecule has 1 aliphatic heterocycles. The van der Waals surface area contributed by atoms with Gasteiger partial charge in [0, 0.05) is 18.0 Å². The van der Waals surface area contributed by atoms with Crippen LogP contribution in [0.5, 0.6) is 11.5 Å². The number of aryl methyl sites for hydroxylation is 1. The molecule has 2 aliphatic rings. The van der Waals surface area contributed by atoms with Crippen molar-refractivity contribution in [3.63, 3.8) is 0 Å². The normalized spacial score (nSPS) is 18.5. The van der Waals surface area contributed by atoms with E-state index < -0.39 is 6.10 Å². The van der Waals surface area contributed by atoms with Crippen molar-refractivity contribution in [1.29, 1.82) is 0 Å². The zero-order valence-corrected chi connectivity index (χ0v) is 19.4. The number of rotatable bonds is 8. The highest BCUT2D eigenvalue weighted by molar-refractivity contribution is 7.17. The molecule has 7 nitrogen and oxygen atoms in total. The van der Waals surface area contributed by atoms with Gasteiger partial charge in [-0.2, -0.15) is 0 Å². The zero-order chi connectivity index (χ0) is 22.5. The number of anilines is 1. The molecule has 2 amide bonds. The molecule has 2 aromatic rings. The maximum Gasteiger partial charge on any atom is 0.265 e. The van der Waals surface area contributed by atoms with Gasteiger partial charge in [0.2, 0.25) is 0 Å². The topological polar surface area (TPSA) is 85.9 Å². The Kier molecular flexibility index (Phi) is 7.32. The first kappa shape index (κ1) is 22.6. The number of carbonyl (C=O) groups is 2. The van der Waals surface area contributed by atoms with Crippen molar-refractivity contribution in [1.82, 2.24) is 5.32 Å². The van der Waals surface area contributed by atoms with E-state index >= 15 is 0 Å². The minimum atomic E-state index is -0.756. The number of amides is 2. The van der Waals surface area contributed by atoms with Crippen LogP contribution < -0.4 is 20.1 Å². The molecule has 0 spiro atoms. The van der Waals surface area contributed by atoms with Gasteiger partial charge in [-0.05, 0) is 63.1 Å². The Morgan fingerprint density at radius 3 is 2.72 bits per heavy atom. The molecule has 0 saturated carbocycles. The number of thiophene rings is 1. The molecule has 1 aromatic heterocycles. The van der Waals surface area contributed by atoms with Crippen molar-refractivity contribution in [3.8, 4) is 11.5 Å². The zero-order valence-electron chi connectivity index (χ0n) is 18.6. The van der Waals surface area contributed by atoms with Crippen molar-refractivity contribution in [2.45, 2.75) is 57.7 Å². The predicted octanol–water partition coefficient (Wildman–Crippen LogP) is 3.95. The first-order chi connectivity index (χ1) is 15.6. The number of hydrogen-bond donors (Lipinski definition) is 2. The van der Waals surface area contributed by atoms with Gasteiger partial charge < -0.3 is 24.8 Å². The summed E-state index contributed by atoms with van der Waals surface area (Å²) >= 11 is 1.50. The first-order valence-corrected chi connectivity index (χ1v) is 12.0. The summed E-state index contributed by atoms with van der Waals surface area (Å²) in [5.41, 5.74) is 1.67. The van der Waals surface area contributed by atoms with E-state index in [9.17, 15) is 9.59 Å². The fourth-order valence-corrected chi connectivity index (χ4v) is 5.46. The van der Waals surface area contributed by atoms with Gasteiger partial charge in [-0.3, -0.25) is 9.59 Å². The van der Waals surface area contributed by atoms with Crippen LogP contribution in [0.1, 0.15) is 53.4 Å². The van der Waals surface area contributed by atoms with Crippen LogP contribution in [-0.2, 0) is 22.4 Å². The van der Waals surface area contributed by atoms with E-state index in [1.54, 1.807) is 26.2 Å². The lowest BCUT2D eigenvalue weighted by Crippen LogP contribution is -2.34. The number of para-hydroxylation sites is 2. The molecule has 32 heavy (non-hydrogen) atoms. The van der Waals surface area contributed by atoms with E-state index in [1.165, 1.54) is 16.2 Å². The molecule has 1 fully saturated rings. The fraction of sp³-hybridized carbons (Fsp3) is 0.500. The molecule has 1 saturated heterocycles. The largest absolute Gasteiger partial charge is 0.493 e. The summed E-state index contributed by atoms with van der Waals surface area (Å²) in [6.07, 6.45) is 5.26. The smallest absolute Gasteiger partial charge is 0.265 e. The number of fused-ring (bicyclic) bond motifs is 1. The summed E-state index contributed by atoms with van der Waals surface area (Å²) in [5.74, 6) is 0.613. The Hall–Kier alpha value is -2.58. The van der Waals surface area contributed by atoms with Crippen LogP contribution in [0.4, 0.5) is 5.00 Å². The molecule has 0 bridgehead atoms. The third-order valence-corrected chi connectivity index (χ3v) is 7.10. The van der Waals surface area contributed by atoms with E-state index in [0.717, 1.165) is 50.7 Å². The monoisotopic (exact) mass is 458 g/mol. The Balaban J connectivity index is 1.48. The summed E-state index contributed by atoms with van der Waals surface area (Å²) in [6, 6.07) is 7.21. The number of nitrogens with one attached hydrogen (secondary N) is 2. The third-order valence-electron chi connectivity index (χ3n) is 5.89. The van der Waals surface area contributed by atoms with Gasteiger partial charge in [0.1, 0.15) is 5.00 Å². The lowest BCUT2D eigenvalue weighted by atomic mass is 9.95. The van der Waals surface area contributed by atoms with Gasteiger partial charge in [-0.15, -0.1) is 11.3 Å². The fourth-order valence-electron chi connectivity index (χ4n) is 4.17. The average Bonchev–Trinajstić information content (AvgIpc) is 3.45.